The first-order valence-corrected chi connectivity index (χ1v) is 3.46. The van der Waals surface area contributed by atoms with Crippen molar-refractivity contribution in [3.05, 3.63) is 0 Å². The Labute approximate surface area is 60.5 Å². The Morgan fingerprint density at radius 1 is 1.90 bits per heavy atom. The second-order valence-electron chi connectivity index (χ2n) is 2.78. The van der Waals surface area contributed by atoms with Crippen LogP contribution < -0.4 is 5.43 Å². The fourth-order valence-corrected chi connectivity index (χ4v) is 1.11. The van der Waals surface area contributed by atoms with Crippen molar-refractivity contribution in [3.63, 3.8) is 0 Å². The molecule has 0 spiro atoms. The molecule has 3 heteroatoms. The monoisotopic (exact) mass is 140 g/mol. The van der Waals surface area contributed by atoms with E-state index in [0.29, 0.717) is 6.42 Å². The van der Waals surface area contributed by atoms with Gasteiger partial charge in [0.05, 0.1) is 6.04 Å². The summed E-state index contributed by atoms with van der Waals surface area (Å²) in [6, 6.07) is 0.262. The van der Waals surface area contributed by atoms with E-state index < -0.39 is 0 Å². The average Bonchev–Trinajstić information content (AvgIpc) is 2.13. The molecule has 0 saturated heterocycles. The van der Waals surface area contributed by atoms with Crippen molar-refractivity contribution in [2.75, 3.05) is 0 Å². The fraction of sp³-hybridized carbons (Fsp3) is 0.714. The lowest BCUT2D eigenvalue weighted by atomic mass is 10.1. The van der Waals surface area contributed by atoms with Crippen LogP contribution in [0, 0.1) is 0 Å². The third-order valence-electron chi connectivity index (χ3n) is 1.51. The first-order valence-electron chi connectivity index (χ1n) is 3.46. The van der Waals surface area contributed by atoms with Gasteiger partial charge >= 0.3 is 0 Å². The smallest absolute Gasteiger partial charge is 0.131 e. The number of nitrogens with one attached hydrogen (secondary N) is 1. The largest absolute Gasteiger partial charge is 0.306 e. The third-order valence-corrected chi connectivity index (χ3v) is 1.51. The standard InChI is InChI=1S/C7H12N2O/c1-5-3-7(9-8-5)4-6(2)10/h7,9H,3-4H2,1-2H3. The molecule has 0 bridgehead atoms. The Hall–Kier alpha value is -0.860. The molecule has 0 aliphatic carbocycles. The fourth-order valence-electron chi connectivity index (χ4n) is 1.11. The lowest BCUT2D eigenvalue weighted by Gasteiger charge is -2.04. The molecular formula is C7H12N2O. The molecule has 10 heavy (non-hydrogen) atoms. The Bertz CT molecular complexity index is 174. The van der Waals surface area contributed by atoms with E-state index >= 15 is 0 Å². The van der Waals surface area contributed by atoms with E-state index in [-0.39, 0.29) is 11.8 Å². The van der Waals surface area contributed by atoms with Gasteiger partial charge in [-0.05, 0) is 13.8 Å². The predicted molar refractivity (Wildman–Crippen MR) is 39.9 cm³/mol. The predicted octanol–water partition coefficient (Wildman–Crippen LogP) is 0.703. The summed E-state index contributed by atoms with van der Waals surface area (Å²) in [5, 5.41) is 3.99. The average molecular weight is 140 g/mol. The molecule has 0 amide bonds. The van der Waals surface area contributed by atoms with Gasteiger partial charge in [-0.3, -0.25) is 4.79 Å². The van der Waals surface area contributed by atoms with Gasteiger partial charge in [-0.15, -0.1) is 0 Å². The van der Waals surface area contributed by atoms with Crippen LogP contribution in [0.3, 0.4) is 0 Å². The number of nitrogens with zero attached hydrogens (tertiary/aromatic N) is 1. The Balaban J connectivity index is 2.29. The van der Waals surface area contributed by atoms with E-state index in [4.69, 9.17) is 0 Å². The molecule has 56 valence electrons. The van der Waals surface area contributed by atoms with Gasteiger partial charge in [0.2, 0.25) is 0 Å². The highest BCUT2D eigenvalue weighted by Gasteiger charge is 2.15. The van der Waals surface area contributed by atoms with Crippen LogP contribution in [-0.2, 0) is 4.79 Å². The number of carbonyl (C=O) groups is 1. The van der Waals surface area contributed by atoms with Gasteiger partial charge in [-0.25, -0.2) is 0 Å². The zero-order valence-corrected chi connectivity index (χ0v) is 6.35. The second kappa shape index (κ2) is 2.82. The highest BCUT2D eigenvalue weighted by atomic mass is 16.1. The molecule has 1 N–H and O–H groups in total. The first kappa shape index (κ1) is 7.25. The molecular weight excluding hydrogens is 128 g/mol. The molecule has 0 fully saturated rings. The Kier molecular flexibility index (Phi) is 2.04. The highest BCUT2D eigenvalue weighted by Crippen LogP contribution is 2.06. The van der Waals surface area contributed by atoms with Gasteiger partial charge in [0.15, 0.2) is 0 Å². The maximum absolute atomic E-state index is 10.6. The van der Waals surface area contributed by atoms with Crippen molar-refractivity contribution in [3.8, 4) is 0 Å². The summed E-state index contributed by atoms with van der Waals surface area (Å²) in [5.41, 5.74) is 3.99. The highest BCUT2D eigenvalue weighted by molar-refractivity contribution is 5.85. The molecule has 0 aromatic rings. The lowest BCUT2D eigenvalue weighted by Crippen LogP contribution is -2.21. The molecule has 1 heterocycles. The van der Waals surface area contributed by atoms with Crippen LogP contribution in [0.1, 0.15) is 26.7 Å². The summed E-state index contributed by atoms with van der Waals surface area (Å²) < 4.78 is 0. The molecule has 0 aromatic heterocycles. The van der Waals surface area contributed by atoms with Gasteiger partial charge in [0, 0.05) is 18.6 Å². The Morgan fingerprint density at radius 2 is 2.60 bits per heavy atom. The zero-order valence-electron chi connectivity index (χ0n) is 6.35. The molecule has 1 unspecified atom stereocenters. The molecule has 0 radical (unpaired) electrons. The van der Waals surface area contributed by atoms with Gasteiger partial charge in [0.1, 0.15) is 5.78 Å². The van der Waals surface area contributed by atoms with Crippen molar-refractivity contribution in [1.29, 1.82) is 0 Å². The number of rotatable bonds is 2. The maximum atomic E-state index is 10.6. The molecule has 0 aromatic carbocycles. The second-order valence-corrected chi connectivity index (χ2v) is 2.78. The third kappa shape index (κ3) is 1.83. The SMILES string of the molecule is CC(=O)CC1CC(C)=NN1. The molecule has 3 nitrogen and oxygen atoms in total. The van der Waals surface area contributed by atoms with Gasteiger partial charge in [-0.1, -0.05) is 0 Å². The van der Waals surface area contributed by atoms with Crippen LogP contribution >= 0.6 is 0 Å². The normalized spacial score (nSPS) is 23.8. The summed E-state index contributed by atoms with van der Waals surface area (Å²) in [4.78, 5) is 10.6. The van der Waals surface area contributed by atoms with Crippen LogP contribution in [0.15, 0.2) is 5.10 Å². The zero-order chi connectivity index (χ0) is 7.56. The van der Waals surface area contributed by atoms with Crippen molar-refractivity contribution in [1.82, 2.24) is 5.43 Å². The lowest BCUT2D eigenvalue weighted by molar-refractivity contribution is -0.117. The summed E-state index contributed by atoms with van der Waals surface area (Å²) in [6.45, 7) is 3.57. The number of hydrogen-bond donors (Lipinski definition) is 1. The summed E-state index contributed by atoms with van der Waals surface area (Å²) in [7, 11) is 0. The van der Waals surface area contributed by atoms with E-state index in [2.05, 4.69) is 10.5 Å². The van der Waals surface area contributed by atoms with Crippen LogP contribution in [0.25, 0.3) is 0 Å². The number of Topliss-reactive ketones (excluding diaryl/α,β-unsaturated/α-hetero) is 1. The van der Waals surface area contributed by atoms with E-state index in [1.54, 1.807) is 6.92 Å². The van der Waals surface area contributed by atoms with E-state index in [1.165, 1.54) is 0 Å². The van der Waals surface area contributed by atoms with Gasteiger partial charge in [0.25, 0.3) is 0 Å². The van der Waals surface area contributed by atoms with Crippen LogP contribution in [0.2, 0.25) is 0 Å². The minimum Gasteiger partial charge on any atom is -0.306 e. The Morgan fingerprint density at radius 3 is 3.00 bits per heavy atom. The topological polar surface area (TPSA) is 41.5 Å². The summed E-state index contributed by atoms with van der Waals surface area (Å²) in [5.74, 6) is 0.224. The van der Waals surface area contributed by atoms with E-state index in [9.17, 15) is 4.79 Å². The molecule has 1 aliphatic heterocycles. The summed E-state index contributed by atoms with van der Waals surface area (Å²) >= 11 is 0. The van der Waals surface area contributed by atoms with Gasteiger partial charge in [-0.2, -0.15) is 5.10 Å². The van der Waals surface area contributed by atoms with Crippen LogP contribution in [-0.4, -0.2) is 17.5 Å². The quantitative estimate of drug-likeness (QED) is 0.613. The van der Waals surface area contributed by atoms with E-state index in [1.807, 2.05) is 6.92 Å². The van der Waals surface area contributed by atoms with Crippen LogP contribution in [0.4, 0.5) is 0 Å². The number of carbonyl (C=O) groups excluding carboxylic acids is 1. The van der Waals surface area contributed by atoms with Crippen molar-refractivity contribution in [2.24, 2.45) is 5.10 Å². The summed E-state index contributed by atoms with van der Waals surface area (Å²) in [6.07, 6.45) is 1.51. The minimum atomic E-state index is 0.224. The number of hydrazone groups is 1. The molecule has 1 rings (SSSR count). The first-order chi connectivity index (χ1) is 4.68. The number of hydrogen-bond acceptors (Lipinski definition) is 3. The van der Waals surface area contributed by atoms with Crippen molar-refractivity contribution < 1.29 is 4.79 Å². The molecule has 1 atom stereocenters. The minimum absolute atomic E-state index is 0.224. The van der Waals surface area contributed by atoms with Crippen LogP contribution in [0.5, 0.6) is 0 Å². The van der Waals surface area contributed by atoms with Crippen molar-refractivity contribution >= 4 is 11.5 Å². The molecule has 0 saturated carbocycles. The number of ketones is 1. The van der Waals surface area contributed by atoms with Crippen molar-refractivity contribution in [2.45, 2.75) is 32.7 Å². The maximum Gasteiger partial charge on any atom is 0.131 e. The van der Waals surface area contributed by atoms with Gasteiger partial charge < -0.3 is 5.43 Å². The van der Waals surface area contributed by atoms with E-state index in [0.717, 1.165) is 12.1 Å². The molecule has 1 aliphatic rings.